The van der Waals surface area contributed by atoms with Crippen molar-refractivity contribution in [1.82, 2.24) is 4.90 Å². The molecule has 0 rings (SSSR count). The van der Waals surface area contributed by atoms with Gasteiger partial charge >= 0.3 is 0 Å². The van der Waals surface area contributed by atoms with Gasteiger partial charge in [0.15, 0.2) is 0 Å². The van der Waals surface area contributed by atoms with Crippen LogP contribution < -0.4 is 0 Å². The van der Waals surface area contributed by atoms with Crippen LogP contribution in [-0.4, -0.2) is 23.9 Å². The van der Waals surface area contributed by atoms with E-state index in [1.54, 1.807) is 0 Å². The Morgan fingerprint density at radius 2 is 1.67 bits per heavy atom. The van der Waals surface area contributed by atoms with Crippen LogP contribution in [-0.2, 0) is 4.79 Å². The number of amides is 1. The van der Waals surface area contributed by atoms with Gasteiger partial charge < -0.3 is 4.90 Å². The molecule has 0 saturated heterocycles. The molecule has 1 amide bonds. The van der Waals surface area contributed by atoms with Gasteiger partial charge in [0.05, 0.1) is 0 Å². The van der Waals surface area contributed by atoms with E-state index in [1.165, 1.54) is 0 Å². The fourth-order valence-electron chi connectivity index (χ4n) is 1.70. The summed E-state index contributed by atoms with van der Waals surface area (Å²) < 4.78 is 0. The maximum atomic E-state index is 12.1. The number of rotatable bonds is 6. The van der Waals surface area contributed by atoms with Crippen molar-refractivity contribution < 1.29 is 4.79 Å². The van der Waals surface area contributed by atoms with Gasteiger partial charge in [0.2, 0.25) is 5.91 Å². The lowest BCUT2D eigenvalue weighted by Crippen LogP contribution is -2.39. The van der Waals surface area contributed by atoms with Crippen molar-refractivity contribution in [2.75, 3.05) is 13.1 Å². The van der Waals surface area contributed by atoms with Crippen molar-refractivity contribution in [3.05, 3.63) is 0 Å². The molecular weight excluding hydrogens is 186 g/mol. The molecule has 90 valence electrons. The first-order chi connectivity index (χ1) is 6.93. The monoisotopic (exact) mass is 213 g/mol. The van der Waals surface area contributed by atoms with Crippen LogP contribution in [0.3, 0.4) is 0 Å². The molecule has 0 aliphatic rings. The molecule has 0 N–H and O–H groups in total. The molecule has 2 nitrogen and oxygen atoms in total. The lowest BCUT2D eigenvalue weighted by molar-refractivity contribution is -0.136. The van der Waals surface area contributed by atoms with Crippen LogP contribution in [0.25, 0.3) is 0 Å². The first-order valence-electron chi connectivity index (χ1n) is 6.22. The molecule has 0 spiro atoms. The van der Waals surface area contributed by atoms with Crippen LogP contribution >= 0.6 is 0 Å². The molecule has 0 saturated carbocycles. The number of carbonyl (C=O) groups excluding carboxylic acids is 1. The van der Waals surface area contributed by atoms with Gasteiger partial charge in [-0.05, 0) is 18.8 Å². The highest BCUT2D eigenvalue weighted by Crippen LogP contribution is 2.17. The smallest absolute Gasteiger partial charge is 0.225 e. The molecule has 2 heteroatoms. The summed E-state index contributed by atoms with van der Waals surface area (Å²) in [6.07, 6.45) is 1.08. The maximum Gasteiger partial charge on any atom is 0.225 e. The van der Waals surface area contributed by atoms with Crippen LogP contribution in [0.4, 0.5) is 0 Å². The van der Waals surface area contributed by atoms with E-state index in [1.807, 2.05) is 4.90 Å². The lowest BCUT2D eigenvalue weighted by Gasteiger charge is -2.28. The van der Waals surface area contributed by atoms with Gasteiger partial charge in [-0.15, -0.1) is 0 Å². The van der Waals surface area contributed by atoms with Crippen LogP contribution in [0.5, 0.6) is 0 Å². The molecule has 0 aromatic rings. The topological polar surface area (TPSA) is 20.3 Å². The van der Waals surface area contributed by atoms with Gasteiger partial charge in [0.1, 0.15) is 0 Å². The van der Waals surface area contributed by atoms with E-state index in [0.717, 1.165) is 19.5 Å². The van der Waals surface area contributed by atoms with Crippen LogP contribution in [0.1, 0.15) is 48.0 Å². The molecule has 0 aliphatic carbocycles. The standard InChI is InChI=1S/C13H27NO/c1-7-11(5)12(6)13(15)14(8-2)9-10(3)4/h10-12H,7-9H2,1-6H3. The summed E-state index contributed by atoms with van der Waals surface area (Å²) in [5, 5.41) is 0. The molecule has 0 bridgehead atoms. The summed E-state index contributed by atoms with van der Waals surface area (Å²) >= 11 is 0. The summed E-state index contributed by atoms with van der Waals surface area (Å²) in [5.41, 5.74) is 0. The number of hydrogen-bond acceptors (Lipinski definition) is 1. The van der Waals surface area contributed by atoms with E-state index in [-0.39, 0.29) is 5.92 Å². The fourth-order valence-corrected chi connectivity index (χ4v) is 1.70. The molecule has 0 fully saturated rings. The Kier molecular flexibility index (Phi) is 6.62. The molecule has 0 heterocycles. The molecule has 0 aromatic carbocycles. The van der Waals surface area contributed by atoms with Crippen molar-refractivity contribution in [2.45, 2.75) is 48.0 Å². The van der Waals surface area contributed by atoms with E-state index < -0.39 is 0 Å². The van der Waals surface area contributed by atoms with E-state index in [0.29, 0.717) is 17.7 Å². The van der Waals surface area contributed by atoms with Gasteiger partial charge in [-0.1, -0.05) is 41.0 Å². The highest BCUT2D eigenvalue weighted by molar-refractivity contribution is 5.78. The minimum atomic E-state index is 0.161. The van der Waals surface area contributed by atoms with Crippen LogP contribution in [0.15, 0.2) is 0 Å². The third-order valence-electron chi connectivity index (χ3n) is 3.17. The van der Waals surface area contributed by atoms with Crippen LogP contribution in [0.2, 0.25) is 0 Å². The average Bonchev–Trinajstić information content (AvgIpc) is 2.22. The Morgan fingerprint density at radius 3 is 2.00 bits per heavy atom. The Balaban J connectivity index is 4.37. The first-order valence-corrected chi connectivity index (χ1v) is 6.22. The predicted molar refractivity (Wildman–Crippen MR) is 65.7 cm³/mol. The molecular formula is C13H27NO. The Labute approximate surface area is 95.0 Å². The van der Waals surface area contributed by atoms with Crippen molar-refractivity contribution in [3.63, 3.8) is 0 Å². The van der Waals surface area contributed by atoms with Gasteiger partial charge in [-0.25, -0.2) is 0 Å². The first kappa shape index (κ1) is 14.5. The summed E-state index contributed by atoms with van der Waals surface area (Å²) in [6.45, 7) is 14.4. The zero-order valence-corrected chi connectivity index (χ0v) is 11.2. The molecule has 15 heavy (non-hydrogen) atoms. The molecule has 2 unspecified atom stereocenters. The van der Waals surface area contributed by atoms with Gasteiger partial charge in [-0.3, -0.25) is 4.79 Å². The van der Waals surface area contributed by atoms with E-state index >= 15 is 0 Å². The van der Waals surface area contributed by atoms with Gasteiger partial charge in [-0.2, -0.15) is 0 Å². The Hall–Kier alpha value is -0.530. The third kappa shape index (κ3) is 4.67. The van der Waals surface area contributed by atoms with E-state index in [9.17, 15) is 4.79 Å². The summed E-state index contributed by atoms with van der Waals surface area (Å²) in [7, 11) is 0. The summed E-state index contributed by atoms with van der Waals surface area (Å²) in [6, 6.07) is 0. The van der Waals surface area contributed by atoms with Crippen molar-refractivity contribution in [1.29, 1.82) is 0 Å². The highest BCUT2D eigenvalue weighted by Gasteiger charge is 2.23. The zero-order valence-electron chi connectivity index (χ0n) is 11.2. The van der Waals surface area contributed by atoms with E-state index in [2.05, 4.69) is 41.5 Å². The molecule has 0 aliphatic heterocycles. The predicted octanol–water partition coefficient (Wildman–Crippen LogP) is 3.17. The number of nitrogens with zero attached hydrogens (tertiary/aromatic N) is 1. The second-order valence-corrected chi connectivity index (χ2v) is 4.94. The van der Waals surface area contributed by atoms with Crippen molar-refractivity contribution >= 4 is 5.91 Å². The second-order valence-electron chi connectivity index (χ2n) is 4.94. The van der Waals surface area contributed by atoms with E-state index in [4.69, 9.17) is 0 Å². The number of hydrogen-bond donors (Lipinski definition) is 0. The minimum Gasteiger partial charge on any atom is -0.342 e. The maximum absolute atomic E-state index is 12.1. The highest BCUT2D eigenvalue weighted by atomic mass is 16.2. The lowest BCUT2D eigenvalue weighted by atomic mass is 9.92. The minimum absolute atomic E-state index is 0.161. The Morgan fingerprint density at radius 1 is 1.13 bits per heavy atom. The third-order valence-corrected chi connectivity index (χ3v) is 3.17. The van der Waals surface area contributed by atoms with Crippen molar-refractivity contribution in [2.24, 2.45) is 17.8 Å². The average molecular weight is 213 g/mol. The Bertz CT molecular complexity index is 189. The largest absolute Gasteiger partial charge is 0.342 e. The summed E-state index contributed by atoms with van der Waals surface area (Å²) in [5.74, 6) is 1.52. The van der Waals surface area contributed by atoms with Gasteiger partial charge in [0, 0.05) is 19.0 Å². The quantitative estimate of drug-likeness (QED) is 0.663. The molecule has 0 aromatic heterocycles. The number of carbonyl (C=O) groups is 1. The van der Waals surface area contributed by atoms with Gasteiger partial charge in [0.25, 0.3) is 0 Å². The summed E-state index contributed by atoms with van der Waals surface area (Å²) in [4.78, 5) is 14.1. The second kappa shape index (κ2) is 6.86. The van der Waals surface area contributed by atoms with Crippen LogP contribution in [0, 0.1) is 17.8 Å². The zero-order chi connectivity index (χ0) is 12.0. The molecule has 0 radical (unpaired) electrons. The fraction of sp³-hybridized carbons (Fsp3) is 0.923. The SMILES string of the molecule is CCC(C)C(C)C(=O)N(CC)CC(C)C. The normalized spacial score (nSPS) is 15.1. The molecule has 2 atom stereocenters. The van der Waals surface area contributed by atoms with Crippen molar-refractivity contribution in [3.8, 4) is 0 Å².